The first kappa shape index (κ1) is 22.3. The minimum absolute atomic E-state index is 0.226. The average Bonchev–Trinajstić information content (AvgIpc) is 3.41. The number of ketones is 2. The number of imide groups is 1. The van der Waals surface area contributed by atoms with Crippen LogP contribution in [0.5, 0.6) is 0 Å². The highest BCUT2D eigenvalue weighted by molar-refractivity contribution is 14.1. The van der Waals surface area contributed by atoms with Gasteiger partial charge >= 0.3 is 0 Å². The number of fused-ring (bicyclic) bond motifs is 3. The van der Waals surface area contributed by atoms with E-state index in [9.17, 15) is 19.2 Å². The molecule has 6 nitrogen and oxygen atoms in total. The summed E-state index contributed by atoms with van der Waals surface area (Å²) in [5.74, 6) is -4.38. The fourth-order valence-electron chi connectivity index (χ4n) is 5.62. The molecule has 0 saturated carbocycles. The van der Waals surface area contributed by atoms with E-state index in [-0.39, 0.29) is 11.1 Å². The largest absolute Gasteiger partial charge is 0.349 e. The number of hydrogen-bond acceptors (Lipinski definition) is 5. The van der Waals surface area contributed by atoms with Gasteiger partial charge in [-0.3, -0.25) is 19.2 Å². The number of aryl methyl sites for hydroxylation is 2. The predicted octanol–water partition coefficient (Wildman–Crippen LogP) is 4.60. The first-order valence-corrected chi connectivity index (χ1v) is 12.4. The van der Waals surface area contributed by atoms with E-state index in [0.29, 0.717) is 11.3 Å². The van der Waals surface area contributed by atoms with Crippen molar-refractivity contribution >= 4 is 51.7 Å². The number of nitrogens with zero attached hydrogens (tertiary/aromatic N) is 1. The molecule has 0 bridgehead atoms. The molecule has 1 aliphatic carbocycles. The number of Topliss-reactive ketones (excluding diaryl/α,β-unsaturated/α-hetero) is 2. The first-order valence-electron chi connectivity index (χ1n) is 11.3. The van der Waals surface area contributed by atoms with Gasteiger partial charge in [-0.05, 0) is 77.4 Å². The van der Waals surface area contributed by atoms with Crippen LogP contribution in [0.1, 0.15) is 43.5 Å². The Hall–Kier alpha value is -3.17. The third-order valence-corrected chi connectivity index (χ3v) is 8.12. The molecule has 3 atom stereocenters. The number of amides is 2. The lowest BCUT2D eigenvalue weighted by molar-refractivity contribution is -0.127. The second-order valence-corrected chi connectivity index (χ2v) is 10.6. The third-order valence-electron chi connectivity index (χ3n) is 7.44. The van der Waals surface area contributed by atoms with E-state index in [4.69, 9.17) is 4.74 Å². The van der Waals surface area contributed by atoms with Crippen LogP contribution in [0.25, 0.3) is 0 Å². The van der Waals surface area contributed by atoms with E-state index in [2.05, 4.69) is 22.6 Å². The normalized spacial score (nSPS) is 24.4. The van der Waals surface area contributed by atoms with Gasteiger partial charge in [0.25, 0.3) is 0 Å². The minimum atomic E-state index is -2.05. The van der Waals surface area contributed by atoms with Crippen LogP contribution in [0.3, 0.4) is 0 Å². The van der Waals surface area contributed by atoms with Crippen molar-refractivity contribution in [2.24, 2.45) is 11.8 Å². The number of rotatable bonds is 2. The molecule has 2 amide bonds. The molecule has 2 fully saturated rings. The monoisotopic (exact) mass is 577 g/mol. The molecular weight excluding hydrogens is 557 g/mol. The quantitative estimate of drug-likeness (QED) is 0.253. The van der Waals surface area contributed by atoms with Crippen molar-refractivity contribution in [2.45, 2.75) is 25.6 Å². The van der Waals surface area contributed by atoms with Gasteiger partial charge in [-0.15, -0.1) is 0 Å². The van der Waals surface area contributed by atoms with Crippen LogP contribution in [0.4, 0.5) is 5.69 Å². The van der Waals surface area contributed by atoms with Gasteiger partial charge in [0.2, 0.25) is 29.0 Å². The highest BCUT2D eigenvalue weighted by atomic mass is 127. The smallest absolute Gasteiger partial charge is 0.241 e. The number of ether oxygens (including phenoxy) is 1. The molecule has 0 unspecified atom stereocenters. The Morgan fingerprint density at radius 3 is 2.11 bits per heavy atom. The van der Waals surface area contributed by atoms with Crippen molar-refractivity contribution < 1.29 is 23.9 Å². The Morgan fingerprint density at radius 1 is 0.800 bits per heavy atom. The van der Waals surface area contributed by atoms with E-state index in [1.54, 1.807) is 42.5 Å². The molecule has 3 aromatic carbocycles. The van der Waals surface area contributed by atoms with Gasteiger partial charge in [-0.25, -0.2) is 4.90 Å². The van der Waals surface area contributed by atoms with Crippen LogP contribution in [-0.2, 0) is 14.3 Å². The maximum Gasteiger partial charge on any atom is 0.241 e. The summed E-state index contributed by atoms with van der Waals surface area (Å²) in [4.78, 5) is 56.6. The summed E-state index contributed by atoms with van der Waals surface area (Å²) in [5.41, 5.74) is 1.45. The van der Waals surface area contributed by atoms with Crippen molar-refractivity contribution in [3.63, 3.8) is 0 Å². The molecule has 3 aliphatic rings. The van der Waals surface area contributed by atoms with Gasteiger partial charge in [0.1, 0.15) is 0 Å². The molecular formula is C28H20INO5. The van der Waals surface area contributed by atoms with Crippen molar-refractivity contribution in [2.75, 3.05) is 4.90 Å². The Bertz CT molecular complexity index is 1440. The summed E-state index contributed by atoms with van der Waals surface area (Å²) in [6.07, 6.45) is -0.912. The Balaban J connectivity index is 1.55. The van der Waals surface area contributed by atoms with E-state index in [1.807, 2.05) is 38.1 Å². The highest BCUT2D eigenvalue weighted by Gasteiger charge is 2.74. The minimum Gasteiger partial charge on any atom is -0.349 e. The molecule has 7 heteroatoms. The SMILES string of the molecule is Cc1ccc(N2C(=O)[C@@H]3[C@@H](c4cccc(I)c4)OC4(C(=O)c5ccccc5C4=O)[C@@H]3C2=O)cc1C. The van der Waals surface area contributed by atoms with Crippen LogP contribution in [0, 0.1) is 29.3 Å². The predicted molar refractivity (Wildman–Crippen MR) is 136 cm³/mol. The van der Waals surface area contributed by atoms with Crippen molar-refractivity contribution in [1.29, 1.82) is 0 Å². The fraction of sp³-hybridized carbons (Fsp3) is 0.214. The van der Waals surface area contributed by atoms with Crippen LogP contribution < -0.4 is 4.90 Å². The summed E-state index contributed by atoms with van der Waals surface area (Å²) in [6, 6.07) is 19.2. The summed E-state index contributed by atoms with van der Waals surface area (Å²) in [5, 5.41) is 0. The molecule has 0 aromatic heterocycles. The number of carbonyl (C=O) groups excluding carboxylic acids is 4. The molecule has 2 aliphatic heterocycles. The lowest BCUT2D eigenvalue weighted by atomic mass is 9.77. The van der Waals surface area contributed by atoms with Gasteiger partial charge in [-0.1, -0.05) is 42.5 Å². The summed E-state index contributed by atoms with van der Waals surface area (Å²) < 4.78 is 7.24. The van der Waals surface area contributed by atoms with Gasteiger partial charge in [0.15, 0.2) is 0 Å². The van der Waals surface area contributed by atoms with Crippen molar-refractivity contribution in [3.05, 3.63) is 98.1 Å². The van der Waals surface area contributed by atoms with Gasteiger partial charge < -0.3 is 4.74 Å². The molecule has 0 N–H and O–H groups in total. The average molecular weight is 577 g/mol. The zero-order valence-corrected chi connectivity index (χ0v) is 21.1. The van der Waals surface area contributed by atoms with Crippen LogP contribution in [-0.4, -0.2) is 29.0 Å². The van der Waals surface area contributed by atoms with Gasteiger partial charge in [-0.2, -0.15) is 0 Å². The third kappa shape index (κ3) is 2.91. The van der Waals surface area contributed by atoms with E-state index < -0.39 is 46.9 Å². The molecule has 6 rings (SSSR count). The van der Waals surface area contributed by atoms with E-state index >= 15 is 0 Å². The first-order chi connectivity index (χ1) is 16.8. The molecule has 2 saturated heterocycles. The zero-order valence-electron chi connectivity index (χ0n) is 18.9. The topological polar surface area (TPSA) is 80.8 Å². The standard InChI is InChI=1S/C28H20INO5/c1-14-10-11-18(12-15(14)2)30-26(33)21-22(27(30)34)28(35-23(21)16-6-5-7-17(29)13-16)24(31)19-8-3-4-9-20(19)25(28)32/h3-13,21-23H,1-2H3/t21-,22-,23+/m0/s1. The Morgan fingerprint density at radius 2 is 1.49 bits per heavy atom. The number of anilines is 1. The van der Waals surface area contributed by atoms with E-state index in [0.717, 1.165) is 19.6 Å². The lowest BCUT2D eigenvalue weighted by Gasteiger charge is -2.27. The number of benzene rings is 3. The second-order valence-electron chi connectivity index (χ2n) is 9.32. The highest BCUT2D eigenvalue weighted by Crippen LogP contribution is 2.57. The number of carbonyl (C=O) groups is 4. The number of hydrogen-bond donors (Lipinski definition) is 0. The second kappa shape index (κ2) is 7.66. The molecule has 3 aromatic rings. The van der Waals surface area contributed by atoms with Crippen LogP contribution >= 0.6 is 22.6 Å². The molecule has 1 spiro atoms. The zero-order chi connectivity index (χ0) is 24.6. The van der Waals surface area contributed by atoms with Gasteiger partial charge in [0, 0.05) is 14.7 Å². The summed E-state index contributed by atoms with van der Waals surface area (Å²) in [6.45, 7) is 3.86. The summed E-state index contributed by atoms with van der Waals surface area (Å²) >= 11 is 2.16. The molecule has 0 radical (unpaired) electrons. The lowest BCUT2D eigenvalue weighted by Crippen LogP contribution is -2.51. The fourth-order valence-corrected chi connectivity index (χ4v) is 6.19. The van der Waals surface area contributed by atoms with Crippen molar-refractivity contribution in [1.82, 2.24) is 0 Å². The number of halogens is 1. The summed E-state index contributed by atoms with van der Waals surface area (Å²) in [7, 11) is 0. The van der Waals surface area contributed by atoms with Crippen LogP contribution in [0.15, 0.2) is 66.7 Å². The van der Waals surface area contributed by atoms with E-state index in [1.165, 1.54) is 0 Å². The molecule has 2 heterocycles. The Kier molecular flexibility index (Phi) is 4.88. The van der Waals surface area contributed by atoms with Crippen LogP contribution in [0.2, 0.25) is 0 Å². The molecule has 174 valence electrons. The molecule has 35 heavy (non-hydrogen) atoms. The maximum atomic E-state index is 14.0. The van der Waals surface area contributed by atoms with Gasteiger partial charge in [0.05, 0.1) is 23.6 Å². The van der Waals surface area contributed by atoms with Crippen molar-refractivity contribution in [3.8, 4) is 0 Å². The Labute approximate surface area is 215 Å². The maximum absolute atomic E-state index is 14.0.